The zero-order valence-electron chi connectivity index (χ0n) is 15.6. The number of piperidine rings is 1. The van der Waals surface area contributed by atoms with Gasteiger partial charge in [-0.05, 0) is 57.8 Å². The van der Waals surface area contributed by atoms with E-state index < -0.39 is 5.63 Å². The molecular weight excluding hydrogens is 332 g/mol. The Morgan fingerprint density at radius 2 is 2.08 bits per heavy atom. The highest BCUT2D eigenvalue weighted by Crippen LogP contribution is 2.24. The maximum absolute atomic E-state index is 12.5. The highest BCUT2D eigenvalue weighted by Gasteiger charge is 2.22. The van der Waals surface area contributed by atoms with Gasteiger partial charge >= 0.3 is 5.63 Å². The number of nitrogens with one attached hydrogen (secondary N) is 1. The second-order valence-corrected chi connectivity index (χ2v) is 7.11. The summed E-state index contributed by atoms with van der Waals surface area (Å²) in [6.07, 6.45) is 2.12. The molecule has 2 aromatic rings. The quantitative estimate of drug-likeness (QED) is 0.832. The van der Waals surface area contributed by atoms with Gasteiger partial charge in [0.05, 0.1) is 7.11 Å². The third kappa shape index (κ3) is 3.90. The number of carbonyl (C=O) groups is 1. The molecule has 0 bridgehead atoms. The first-order valence-electron chi connectivity index (χ1n) is 9.12. The summed E-state index contributed by atoms with van der Waals surface area (Å²) in [4.78, 5) is 27.1. The summed E-state index contributed by atoms with van der Waals surface area (Å²) in [5.74, 6) is 0.541. The van der Waals surface area contributed by atoms with E-state index in [1.807, 2.05) is 0 Å². The molecule has 0 unspecified atom stereocenters. The van der Waals surface area contributed by atoms with Crippen molar-refractivity contribution in [3.05, 3.63) is 40.2 Å². The number of carbonyl (C=O) groups excluding carboxylic acids is 1. The minimum atomic E-state index is -0.644. The molecule has 1 saturated heterocycles. The lowest BCUT2D eigenvalue weighted by Gasteiger charge is -2.34. The van der Waals surface area contributed by atoms with Crippen LogP contribution in [0.15, 0.2) is 33.5 Å². The fourth-order valence-corrected chi connectivity index (χ4v) is 3.44. The first-order chi connectivity index (χ1) is 12.5. The molecule has 0 atom stereocenters. The van der Waals surface area contributed by atoms with E-state index in [0.717, 1.165) is 25.9 Å². The predicted octanol–water partition coefficient (Wildman–Crippen LogP) is 2.65. The molecule has 1 N–H and O–H groups in total. The third-order valence-electron chi connectivity index (χ3n) is 5.12. The number of hydrogen-bond acceptors (Lipinski definition) is 5. The van der Waals surface area contributed by atoms with Gasteiger partial charge in [-0.1, -0.05) is 12.1 Å². The van der Waals surface area contributed by atoms with E-state index in [1.165, 1.54) is 7.11 Å². The Morgan fingerprint density at radius 1 is 1.35 bits per heavy atom. The zero-order valence-corrected chi connectivity index (χ0v) is 15.6. The molecule has 1 fully saturated rings. The van der Waals surface area contributed by atoms with E-state index in [1.54, 1.807) is 24.3 Å². The van der Waals surface area contributed by atoms with Crippen molar-refractivity contribution in [2.24, 2.45) is 5.92 Å². The Labute approximate surface area is 153 Å². The fourth-order valence-electron chi connectivity index (χ4n) is 3.44. The number of methoxy groups -OCH3 is 1. The van der Waals surface area contributed by atoms with Gasteiger partial charge in [0.25, 0.3) is 5.91 Å². The molecule has 0 saturated carbocycles. The summed E-state index contributed by atoms with van der Waals surface area (Å²) in [5, 5.41) is 3.56. The van der Waals surface area contributed by atoms with Gasteiger partial charge in [0.1, 0.15) is 5.56 Å². The van der Waals surface area contributed by atoms with E-state index in [2.05, 4.69) is 24.1 Å². The van der Waals surface area contributed by atoms with Crippen LogP contribution in [0.4, 0.5) is 0 Å². The smallest absolute Gasteiger partial charge is 0.349 e. The molecule has 3 rings (SSSR count). The molecule has 0 aliphatic carbocycles. The van der Waals surface area contributed by atoms with Gasteiger partial charge in [-0.2, -0.15) is 0 Å². The van der Waals surface area contributed by atoms with Crippen molar-refractivity contribution in [1.29, 1.82) is 0 Å². The van der Waals surface area contributed by atoms with Crippen molar-refractivity contribution in [3.8, 4) is 5.75 Å². The van der Waals surface area contributed by atoms with Crippen LogP contribution in [0.2, 0.25) is 0 Å². The van der Waals surface area contributed by atoms with Gasteiger partial charge in [-0.15, -0.1) is 0 Å². The SMILES string of the molecule is COc1cccc2cc(C(=O)NCC3CCN(C(C)C)CC3)c(=O)oc12. The Morgan fingerprint density at radius 3 is 2.73 bits per heavy atom. The van der Waals surface area contributed by atoms with Gasteiger partial charge in [0, 0.05) is 18.0 Å². The maximum Gasteiger partial charge on any atom is 0.349 e. The van der Waals surface area contributed by atoms with Crippen LogP contribution in [-0.2, 0) is 0 Å². The number of nitrogens with zero attached hydrogens (tertiary/aromatic N) is 1. The van der Waals surface area contributed by atoms with Crippen LogP contribution >= 0.6 is 0 Å². The van der Waals surface area contributed by atoms with Gasteiger partial charge in [0.15, 0.2) is 11.3 Å². The van der Waals surface area contributed by atoms with E-state index >= 15 is 0 Å². The Kier molecular flexibility index (Phi) is 5.61. The van der Waals surface area contributed by atoms with Crippen molar-refractivity contribution in [1.82, 2.24) is 10.2 Å². The lowest BCUT2D eigenvalue weighted by molar-refractivity contribution is 0.0926. The van der Waals surface area contributed by atoms with Crippen molar-refractivity contribution in [2.75, 3.05) is 26.7 Å². The lowest BCUT2D eigenvalue weighted by atomic mass is 9.96. The summed E-state index contributed by atoms with van der Waals surface area (Å²) < 4.78 is 10.5. The number of hydrogen-bond donors (Lipinski definition) is 1. The van der Waals surface area contributed by atoms with E-state index in [0.29, 0.717) is 35.2 Å². The number of fused-ring (bicyclic) bond motifs is 1. The lowest BCUT2D eigenvalue weighted by Crippen LogP contribution is -2.42. The van der Waals surface area contributed by atoms with Crippen LogP contribution in [0.3, 0.4) is 0 Å². The monoisotopic (exact) mass is 358 g/mol. The summed E-state index contributed by atoms with van der Waals surface area (Å²) >= 11 is 0. The van der Waals surface area contributed by atoms with Crippen LogP contribution in [0.1, 0.15) is 37.0 Å². The van der Waals surface area contributed by atoms with Gasteiger partial charge in [-0.25, -0.2) is 4.79 Å². The summed E-state index contributed by atoms with van der Waals surface area (Å²) in [6.45, 7) is 7.10. The Bertz CT molecular complexity index is 835. The van der Waals surface area contributed by atoms with Crippen LogP contribution in [0, 0.1) is 5.92 Å². The first-order valence-corrected chi connectivity index (χ1v) is 9.12. The topological polar surface area (TPSA) is 71.8 Å². The van der Waals surface area contributed by atoms with E-state index in [4.69, 9.17) is 9.15 Å². The average Bonchev–Trinajstić information content (AvgIpc) is 2.65. The largest absolute Gasteiger partial charge is 0.493 e. The average molecular weight is 358 g/mol. The summed E-state index contributed by atoms with van der Waals surface area (Å²) in [6, 6.07) is 7.43. The van der Waals surface area contributed by atoms with Gasteiger partial charge in [-0.3, -0.25) is 4.79 Å². The highest BCUT2D eigenvalue weighted by molar-refractivity contribution is 5.97. The molecular formula is C20H26N2O4. The minimum Gasteiger partial charge on any atom is -0.493 e. The van der Waals surface area contributed by atoms with Crippen molar-refractivity contribution < 1.29 is 13.9 Å². The molecule has 1 aliphatic rings. The molecule has 1 aromatic heterocycles. The molecule has 0 spiro atoms. The normalized spacial score (nSPS) is 16.2. The minimum absolute atomic E-state index is 0.0327. The molecule has 26 heavy (non-hydrogen) atoms. The molecule has 1 aromatic carbocycles. The van der Waals surface area contributed by atoms with Crippen molar-refractivity contribution in [3.63, 3.8) is 0 Å². The van der Waals surface area contributed by atoms with Gasteiger partial charge in [0.2, 0.25) is 0 Å². The third-order valence-corrected chi connectivity index (χ3v) is 5.12. The maximum atomic E-state index is 12.5. The number of likely N-dealkylation sites (tertiary alicyclic amines) is 1. The number of rotatable bonds is 5. The first kappa shape index (κ1) is 18.5. The van der Waals surface area contributed by atoms with Crippen LogP contribution in [0.25, 0.3) is 11.0 Å². The van der Waals surface area contributed by atoms with Crippen LogP contribution < -0.4 is 15.7 Å². The summed E-state index contributed by atoms with van der Waals surface area (Å²) in [5.41, 5.74) is -0.253. The zero-order chi connectivity index (χ0) is 18.7. The molecule has 140 valence electrons. The highest BCUT2D eigenvalue weighted by atomic mass is 16.5. The fraction of sp³-hybridized carbons (Fsp3) is 0.500. The van der Waals surface area contributed by atoms with Gasteiger partial charge < -0.3 is 19.4 Å². The van der Waals surface area contributed by atoms with E-state index in [-0.39, 0.29) is 11.5 Å². The second kappa shape index (κ2) is 7.91. The van der Waals surface area contributed by atoms with Crippen LogP contribution in [-0.4, -0.2) is 43.6 Å². The number of para-hydroxylation sites is 1. The number of ether oxygens (including phenoxy) is 1. The number of benzene rings is 1. The molecule has 6 nitrogen and oxygen atoms in total. The second-order valence-electron chi connectivity index (χ2n) is 7.11. The van der Waals surface area contributed by atoms with Crippen molar-refractivity contribution >= 4 is 16.9 Å². The van der Waals surface area contributed by atoms with E-state index in [9.17, 15) is 9.59 Å². The standard InChI is InChI=1S/C20H26N2O4/c1-13(2)22-9-7-14(8-10-22)12-21-19(23)16-11-15-5-4-6-17(25-3)18(15)26-20(16)24/h4-6,11,13-14H,7-10,12H2,1-3H3,(H,21,23). The molecule has 1 aliphatic heterocycles. The molecule has 0 radical (unpaired) electrons. The molecule has 2 heterocycles. The van der Waals surface area contributed by atoms with Crippen molar-refractivity contribution in [2.45, 2.75) is 32.7 Å². The Hall–Kier alpha value is -2.34. The number of amides is 1. The molecule has 6 heteroatoms. The predicted molar refractivity (Wildman–Crippen MR) is 101 cm³/mol. The molecule has 1 amide bonds. The van der Waals surface area contributed by atoms with Crippen LogP contribution in [0.5, 0.6) is 5.75 Å². The summed E-state index contributed by atoms with van der Waals surface area (Å²) in [7, 11) is 1.51. The Balaban J connectivity index is 1.67.